The summed E-state index contributed by atoms with van der Waals surface area (Å²) in [5, 5.41) is -1.27. The van der Waals surface area contributed by atoms with Gasteiger partial charge in [-0.25, -0.2) is 4.90 Å². The summed E-state index contributed by atoms with van der Waals surface area (Å²) in [5.74, 6) is -0.699. The Morgan fingerprint density at radius 3 is 2.13 bits per heavy atom. The number of nitrogens with zero attached hydrogens (tertiary/aromatic N) is 2. The van der Waals surface area contributed by atoms with Gasteiger partial charge in [0.25, 0.3) is 11.1 Å². The molecule has 1 aliphatic rings. The van der Waals surface area contributed by atoms with Crippen molar-refractivity contribution in [1.82, 2.24) is 0 Å². The van der Waals surface area contributed by atoms with Crippen LogP contribution < -0.4 is 9.80 Å². The molecule has 2 aromatic carbocycles. The van der Waals surface area contributed by atoms with Crippen LogP contribution in [0.25, 0.3) is 0 Å². The molecule has 1 fully saturated rings. The number of hydrogen-bond acceptors (Lipinski definition) is 4. The van der Waals surface area contributed by atoms with Crippen LogP contribution in [0.3, 0.4) is 0 Å². The Morgan fingerprint density at radius 1 is 1.00 bits per heavy atom. The summed E-state index contributed by atoms with van der Waals surface area (Å²) >= 11 is 0.850. The minimum atomic E-state index is -0.886. The molecule has 116 valence electrons. The van der Waals surface area contributed by atoms with Crippen LogP contribution in [0.5, 0.6) is 0 Å². The maximum atomic E-state index is 12.7. The smallest absolute Gasteiger partial charge is 0.290 e. The fraction of sp³-hybridized carbons (Fsp3) is 0.118. The van der Waals surface area contributed by atoms with E-state index in [4.69, 9.17) is 0 Å². The lowest BCUT2D eigenvalue weighted by Crippen LogP contribution is -2.44. The number of para-hydroxylation sites is 2. The van der Waals surface area contributed by atoms with Crippen LogP contribution in [-0.4, -0.2) is 22.4 Å². The van der Waals surface area contributed by atoms with Gasteiger partial charge in [-0.1, -0.05) is 36.4 Å². The van der Waals surface area contributed by atoms with E-state index >= 15 is 0 Å². The van der Waals surface area contributed by atoms with E-state index in [1.807, 2.05) is 12.1 Å². The van der Waals surface area contributed by atoms with Gasteiger partial charge < -0.3 is 0 Å². The summed E-state index contributed by atoms with van der Waals surface area (Å²) < 4.78 is 0. The summed E-state index contributed by atoms with van der Waals surface area (Å²) in [6.07, 6.45) is 0. The Bertz CT molecular complexity index is 749. The van der Waals surface area contributed by atoms with Gasteiger partial charge in [-0.2, -0.15) is 0 Å². The zero-order valence-electron chi connectivity index (χ0n) is 12.4. The average molecular weight is 326 g/mol. The van der Waals surface area contributed by atoms with Crippen molar-refractivity contribution in [3.8, 4) is 0 Å². The van der Waals surface area contributed by atoms with E-state index in [0.29, 0.717) is 11.4 Å². The molecule has 2 aromatic rings. The lowest BCUT2D eigenvalue weighted by atomic mass is 10.2. The molecule has 0 aliphatic carbocycles. The number of hydrogen-bond donors (Lipinski definition) is 0. The third-order valence-electron chi connectivity index (χ3n) is 3.45. The number of carbonyl (C=O) groups is 3. The monoisotopic (exact) mass is 326 g/mol. The number of carbonyl (C=O) groups excluding carboxylic acids is 3. The maximum absolute atomic E-state index is 12.7. The van der Waals surface area contributed by atoms with Crippen molar-refractivity contribution in [2.45, 2.75) is 12.3 Å². The molecule has 0 bridgehead atoms. The second-order valence-corrected chi connectivity index (χ2v) is 6.00. The van der Waals surface area contributed by atoms with Crippen molar-refractivity contribution in [3.63, 3.8) is 0 Å². The lowest BCUT2D eigenvalue weighted by molar-refractivity contribution is -0.121. The van der Waals surface area contributed by atoms with Gasteiger partial charge in [0.1, 0.15) is 0 Å². The Labute approximate surface area is 137 Å². The minimum absolute atomic E-state index is 0.287. The van der Waals surface area contributed by atoms with Gasteiger partial charge in [-0.05, 0) is 36.0 Å². The van der Waals surface area contributed by atoms with E-state index in [1.54, 1.807) is 48.5 Å². The van der Waals surface area contributed by atoms with E-state index in [0.717, 1.165) is 16.7 Å². The Morgan fingerprint density at radius 2 is 1.57 bits per heavy atom. The first-order valence-corrected chi connectivity index (χ1v) is 7.92. The van der Waals surface area contributed by atoms with Gasteiger partial charge in [0.15, 0.2) is 5.37 Å². The molecule has 0 radical (unpaired) electrons. The molecule has 3 rings (SSSR count). The highest BCUT2D eigenvalue weighted by Crippen LogP contribution is 2.35. The molecule has 0 saturated carbocycles. The molecule has 1 saturated heterocycles. The fourth-order valence-electron chi connectivity index (χ4n) is 2.44. The minimum Gasteiger partial charge on any atom is -0.290 e. The van der Waals surface area contributed by atoms with Gasteiger partial charge in [-0.15, -0.1) is 0 Å². The van der Waals surface area contributed by atoms with E-state index in [2.05, 4.69) is 0 Å². The van der Waals surface area contributed by atoms with Gasteiger partial charge in [0.2, 0.25) is 5.91 Å². The molecular weight excluding hydrogens is 312 g/mol. The third kappa shape index (κ3) is 2.85. The van der Waals surface area contributed by atoms with E-state index in [-0.39, 0.29) is 11.1 Å². The topological polar surface area (TPSA) is 57.7 Å². The first-order valence-electron chi connectivity index (χ1n) is 7.04. The summed E-state index contributed by atoms with van der Waals surface area (Å²) in [6, 6.07) is 17.6. The number of amides is 3. The normalized spacial score (nSPS) is 17.4. The Hall–Kier alpha value is -2.60. The summed E-state index contributed by atoms with van der Waals surface area (Å²) in [6.45, 7) is 1.39. The van der Waals surface area contributed by atoms with Gasteiger partial charge in [0.05, 0.1) is 5.69 Å². The van der Waals surface area contributed by atoms with Crippen LogP contribution in [0.1, 0.15) is 6.92 Å². The van der Waals surface area contributed by atoms with Crippen molar-refractivity contribution >= 4 is 40.2 Å². The molecule has 1 heterocycles. The quantitative estimate of drug-likeness (QED) is 0.868. The molecule has 6 heteroatoms. The van der Waals surface area contributed by atoms with Crippen LogP contribution in [0.2, 0.25) is 0 Å². The molecule has 0 N–H and O–H groups in total. The molecule has 1 aliphatic heterocycles. The van der Waals surface area contributed by atoms with Crippen molar-refractivity contribution in [3.05, 3.63) is 60.7 Å². The number of thioether (sulfide) groups is 1. The standard InChI is InChI=1S/C17H14N2O3S/c1-12(20)18(13-8-4-2-5-9-13)16-15(21)19(17(22)23-16)14-10-6-3-7-11-14/h2-11,16H,1H3/t16-/m0/s1. The highest BCUT2D eigenvalue weighted by molar-refractivity contribution is 8.16. The molecular formula is C17H14N2O3S. The Kier molecular flexibility index (Phi) is 4.16. The lowest BCUT2D eigenvalue weighted by Gasteiger charge is -2.25. The van der Waals surface area contributed by atoms with Gasteiger partial charge in [-0.3, -0.25) is 19.3 Å². The van der Waals surface area contributed by atoms with Gasteiger partial charge in [0, 0.05) is 12.6 Å². The van der Waals surface area contributed by atoms with E-state index < -0.39 is 11.3 Å². The number of benzene rings is 2. The summed E-state index contributed by atoms with van der Waals surface area (Å²) in [4.78, 5) is 39.5. The molecule has 0 aromatic heterocycles. The highest BCUT2D eigenvalue weighted by atomic mass is 32.2. The first-order chi connectivity index (χ1) is 11.1. The predicted octanol–water partition coefficient (Wildman–Crippen LogP) is 3.27. The van der Waals surface area contributed by atoms with Crippen LogP contribution in [0, 0.1) is 0 Å². The van der Waals surface area contributed by atoms with Crippen molar-refractivity contribution in [2.24, 2.45) is 0 Å². The fourth-order valence-corrected chi connectivity index (χ4v) is 3.52. The number of rotatable bonds is 3. The SMILES string of the molecule is CC(=O)N(c1ccccc1)[C@H]1SC(=O)N(c2ccccc2)C1=O. The first kappa shape index (κ1) is 15.3. The highest BCUT2D eigenvalue weighted by Gasteiger charge is 2.45. The summed E-state index contributed by atoms with van der Waals surface area (Å²) in [7, 11) is 0. The number of anilines is 2. The van der Waals surface area contributed by atoms with Crippen LogP contribution in [-0.2, 0) is 9.59 Å². The largest absolute Gasteiger partial charge is 0.295 e. The second kappa shape index (κ2) is 6.26. The molecule has 5 nitrogen and oxygen atoms in total. The van der Waals surface area contributed by atoms with E-state index in [9.17, 15) is 14.4 Å². The van der Waals surface area contributed by atoms with Crippen LogP contribution in [0.4, 0.5) is 16.2 Å². The third-order valence-corrected chi connectivity index (χ3v) is 4.47. The van der Waals surface area contributed by atoms with Gasteiger partial charge >= 0.3 is 0 Å². The van der Waals surface area contributed by atoms with E-state index in [1.165, 1.54) is 11.8 Å². The van der Waals surface area contributed by atoms with Crippen LogP contribution in [0.15, 0.2) is 60.7 Å². The zero-order valence-corrected chi connectivity index (χ0v) is 13.2. The second-order valence-electron chi connectivity index (χ2n) is 4.97. The molecule has 1 atom stereocenters. The van der Waals surface area contributed by atoms with Crippen LogP contribution >= 0.6 is 11.8 Å². The number of imide groups is 1. The summed E-state index contributed by atoms with van der Waals surface area (Å²) in [5.41, 5.74) is 1.10. The van der Waals surface area contributed by atoms with Crippen molar-refractivity contribution in [2.75, 3.05) is 9.80 Å². The molecule has 0 unspecified atom stereocenters. The van der Waals surface area contributed by atoms with Crippen molar-refractivity contribution in [1.29, 1.82) is 0 Å². The predicted molar refractivity (Wildman–Crippen MR) is 90.3 cm³/mol. The zero-order chi connectivity index (χ0) is 16.4. The van der Waals surface area contributed by atoms with Crippen molar-refractivity contribution < 1.29 is 14.4 Å². The molecule has 0 spiro atoms. The maximum Gasteiger partial charge on any atom is 0.295 e. The molecule has 3 amide bonds. The molecule has 23 heavy (non-hydrogen) atoms. The average Bonchev–Trinajstić information content (AvgIpc) is 2.84. The Balaban J connectivity index is 1.96.